The Balaban J connectivity index is 1.23. The third kappa shape index (κ3) is 4.68. The molecule has 0 radical (unpaired) electrons. The summed E-state index contributed by atoms with van der Waals surface area (Å²) in [6.45, 7) is 0. The van der Waals surface area contributed by atoms with E-state index in [0.29, 0.717) is 0 Å². The monoisotopic (exact) mass is 677 g/mol. The average molecular weight is 678 g/mol. The zero-order valence-corrected chi connectivity index (χ0v) is 28.7. The van der Waals surface area contributed by atoms with Crippen LogP contribution < -0.4 is 4.90 Å². The fraction of sp³-hybridized carbons (Fsp3) is 0. The van der Waals surface area contributed by atoms with Gasteiger partial charge in [0.1, 0.15) is 22.3 Å². The Hall–Kier alpha value is -7.10. The zero-order valence-electron chi connectivity index (χ0n) is 28.7. The van der Waals surface area contributed by atoms with E-state index < -0.39 is 0 Å². The molecule has 0 aliphatic heterocycles. The standard InChI is InChI=1S/C50H31NO2/c1-2-12-32(13-3-1)34-26-28-38(29-27-34)51(42-20-10-17-35-15-6-7-18-39(35)42)43-21-11-23-45-48(43)41-31-46-49(40-19-8-9-22-44(40)52-46)47(50(41)53-45)37-25-24-33-14-4-5-16-36(33)30-37/h1-31H. The Morgan fingerprint density at radius 3 is 1.85 bits per heavy atom. The van der Waals surface area contributed by atoms with Crippen molar-refractivity contribution in [2.24, 2.45) is 0 Å². The maximum atomic E-state index is 7.04. The maximum absolute atomic E-state index is 7.04. The van der Waals surface area contributed by atoms with E-state index >= 15 is 0 Å². The average Bonchev–Trinajstić information content (AvgIpc) is 3.79. The molecule has 0 aliphatic carbocycles. The first-order valence-corrected chi connectivity index (χ1v) is 18.0. The van der Waals surface area contributed by atoms with Gasteiger partial charge in [0.05, 0.1) is 16.8 Å². The SMILES string of the molecule is c1ccc(-c2ccc(N(c3cccc4ccccc34)c3cccc4oc5c(-c6ccc7ccccc7c6)c6c(cc5c34)oc3ccccc36)cc2)cc1. The lowest BCUT2D eigenvalue weighted by Crippen LogP contribution is -2.10. The molecule has 2 aromatic heterocycles. The van der Waals surface area contributed by atoms with Crippen LogP contribution in [0.15, 0.2) is 197 Å². The van der Waals surface area contributed by atoms with Crippen molar-refractivity contribution in [1.82, 2.24) is 0 Å². The Kier molecular flexibility index (Phi) is 6.55. The molecule has 3 nitrogen and oxygen atoms in total. The molecule has 0 fully saturated rings. The second-order valence-electron chi connectivity index (χ2n) is 13.7. The summed E-state index contributed by atoms with van der Waals surface area (Å²) in [5.74, 6) is 0. The van der Waals surface area contributed by atoms with Gasteiger partial charge in [0.15, 0.2) is 0 Å². The van der Waals surface area contributed by atoms with E-state index in [9.17, 15) is 0 Å². The van der Waals surface area contributed by atoms with E-state index in [1.807, 2.05) is 12.1 Å². The number of hydrogen-bond acceptors (Lipinski definition) is 3. The Morgan fingerprint density at radius 2 is 0.981 bits per heavy atom. The van der Waals surface area contributed by atoms with Crippen LogP contribution in [0.4, 0.5) is 17.1 Å². The molecule has 0 atom stereocenters. The Labute approximate surface area is 305 Å². The molecule has 0 amide bonds. The van der Waals surface area contributed by atoms with Crippen LogP contribution in [0.25, 0.3) is 87.7 Å². The van der Waals surface area contributed by atoms with Crippen molar-refractivity contribution < 1.29 is 8.83 Å². The lowest BCUT2D eigenvalue weighted by atomic mass is 9.94. The van der Waals surface area contributed by atoms with Crippen LogP contribution in [-0.4, -0.2) is 0 Å². The highest BCUT2D eigenvalue weighted by molar-refractivity contribution is 6.26. The minimum Gasteiger partial charge on any atom is -0.456 e. The van der Waals surface area contributed by atoms with Crippen molar-refractivity contribution in [3.05, 3.63) is 188 Å². The molecule has 11 aromatic rings. The van der Waals surface area contributed by atoms with E-state index in [1.165, 1.54) is 32.7 Å². The van der Waals surface area contributed by atoms with Gasteiger partial charge in [0, 0.05) is 32.8 Å². The van der Waals surface area contributed by atoms with Gasteiger partial charge in [0.25, 0.3) is 0 Å². The summed E-state index contributed by atoms with van der Waals surface area (Å²) in [4.78, 5) is 2.38. The number of nitrogens with zero attached hydrogens (tertiary/aromatic N) is 1. The number of furan rings is 2. The van der Waals surface area contributed by atoms with E-state index in [-0.39, 0.29) is 0 Å². The van der Waals surface area contributed by atoms with Crippen molar-refractivity contribution >= 4 is 82.5 Å². The summed E-state index contributed by atoms with van der Waals surface area (Å²) in [5.41, 5.74) is 11.0. The van der Waals surface area contributed by atoms with Gasteiger partial charge in [-0.25, -0.2) is 0 Å². The van der Waals surface area contributed by atoms with Crippen molar-refractivity contribution in [2.45, 2.75) is 0 Å². The molecule has 9 aromatic carbocycles. The lowest BCUT2D eigenvalue weighted by Gasteiger charge is -2.27. The lowest BCUT2D eigenvalue weighted by molar-refractivity contribution is 0.664. The normalized spacial score (nSPS) is 11.8. The number of para-hydroxylation sites is 1. The van der Waals surface area contributed by atoms with E-state index in [2.05, 4.69) is 181 Å². The molecule has 248 valence electrons. The number of hydrogen-bond donors (Lipinski definition) is 0. The highest BCUT2D eigenvalue weighted by atomic mass is 16.3. The predicted octanol–water partition coefficient (Wildman–Crippen LogP) is 14.6. The van der Waals surface area contributed by atoms with Gasteiger partial charge in [-0.05, 0) is 81.4 Å². The van der Waals surface area contributed by atoms with Crippen LogP contribution in [-0.2, 0) is 0 Å². The number of benzene rings is 9. The molecule has 11 rings (SSSR count). The fourth-order valence-electron chi connectivity index (χ4n) is 8.20. The van der Waals surface area contributed by atoms with Gasteiger partial charge < -0.3 is 13.7 Å². The Bertz CT molecular complexity index is 3160. The van der Waals surface area contributed by atoms with E-state index in [4.69, 9.17) is 8.83 Å². The molecule has 2 heterocycles. The van der Waals surface area contributed by atoms with Crippen LogP contribution in [0, 0.1) is 0 Å². The van der Waals surface area contributed by atoms with Crippen LogP contribution >= 0.6 is 0 Å². The molecule has 0 aliphatic rings. The van der Waals surface area contributed by atoms with Crippen LogP contribution in [0.3, 0.4) is 0 Å². The smallest absolute Gasteiger partial charge is 0.144 e. The van der Waals surface area contributed by atoms with Crippen LogP contribution in [0.1, 0.15) is 0 Å². The molecule has 0 N–H and O–H groups in total. The Morgan fingerprint density at radius 1 is 0.340 bits per heavy atom. The summed E-state index contributed by atoms with van der Waals surface area (Å²) in [7, 11) is 0. The van der Waals surface area contributed by atoms with Gasteiger partial charge in [-0.3, -0.25) is 0 Å². The predicted molar refractivity (Wildman–Crippen MR) is 222 cm³/mol. The molecule has 0 saturated heterocycles. The fourth-order valence-corrected chi connectivity index (χ4v) is 8.20. The van der Waals surface area contributed by atoms with Crippen molar-refractivity contribution in [2.75, 3.05) is 4.90 Å². The minimum atomic E-state index is 0.822. The number of rotatable bonds is 5. The first-order chi connectivity index (χ1) is 26.3. The maximum Gasteiger partial charge on any atom is 0.144 e. The molecular formula is C50H31NO2. The highest BCUT2D eigenvalue weighted by Gasteiger charge is 2.25. The van der Waals surface area contributed by atoms with E-state index in [1.54, 1.807) is 0 Å². The largest absolute Gasteiger partial charge is 0.456 e. The van der Waals surface area contributed by atoms with Crippen LogP contribution in [0.5, 0.6) is 0 Å². The van der Waals surface area contributed by atoms with Gasteiger partial charge in [-0.15, -0.1) is 0 Å². The molecular weight excluding hydrogens is 647 g/mol. The van der Waals surface area contributed by atoms with Gasteiger partial charge in [-0.1, -0.05) is 140 Å². The third-order valence-corrected chi connectivity index (χ3v) is 10.6. The first-order valence-electron chi connectivity index (χ1n) is 18.0. The summed E-state index contributed by atoms with van der Waals surface area (Å²) in [6.07, 6.45) is 0. The molecule has 0 bridgehead atoms. The second kappa shape index (κ2) is 11.7. The topological polar surface area (TPSA) is 29.5 Å². The number of anilines is 3. The molecule has 53 heavy (non-hydrogen) atoms. The summed E-state index contributed by atoms with van der Waals surface area (Å²) in [6, 6.07) is 66.6. The van der Waals surface area contributed by atoms with Gasteiger partial charge in [-0.2, -0.15) is 0 Å². The first kappa shape index (κ1) is 29.6. The number of fused-ring (bicyclic) bond motifs is 8. The van der Waals surface area contributed by atoms with Gasteiger partial charge >= 0.3 is 0 Å². The molecule has 0 unspecified atom stereocenters. The van der Waals surface area contributed by atoms with Crippen LogP contribution in [0.2, 0.25) is 0 Å². The summed E-state index contributed by atoms with van der Waals surface area (Å²) < 4.78 is 13.7. The molecule has 0 spiro atoms. The highest BCUT2D eigenvalue weighted by Crippen LogP contribution is 2.49. The second-order valence-corrected chi connectivity index (χ2v) is 13.7. The van der Waals surface area contributed by atoms with Gasteiger partial charge in [0.2, 0.25) is 0 Å². The summed E-state index contributed by atoms with van der Waals surface area (Å²) >= 11 is 0. The quantitative estimate of drug-likeness (QED) is 0.182. The van der Waals surface area contributed by atoms with Crippen molar-refractivity contribution in [3.8, 4) is 22.3 Å². The third-order valence-electron chi connectivity index (χ3n) is 10.6. The summed E-state index contributed by atoms with van der Waals surface area (Å²) in [5, 5.41) is 8.92. The minimum absolute atomic E-state index is 0.822. The molecule has 3 heteroatoms. The zero-order chi connectivity index (χ0) is 34.9. The van der Waals surface area contributed by atoms with Crippen molar-refractivity contribution in [1.29, 1.82) is 0 Å². The molecule has 0 saturated carbocycles. The van der Waals surface area contributed by atoms with Crippen molar-refractivity contribution in [3.63, 3.8) is 0 Å². The van der Waals surface area contributed by atoms with E-state index in [0.717, 1.165) is 72.1 Å².